The molecule has 0 amide bonds. The Morgan fingerprint density at radius 1 is 1.35 bits per heavy atom. The van der Waals surface area contributed by atoms with Crippen molar-refractivity contribution in [2.45, 2.75) is 6.54 Å². The van der Waals surface area contributed by atoms with E-state index in [1.165, 1.54) is 17.3 Å². The summed E-state index contributed by atoms with van der Waals surface area (Å²) < 4.78 is 6.45. The summed E-state index contributed by atoms with van der Waals surface area (Å²) in [6.07, 6.45) is 6.18. The summed E-state index contributed by atoms with van der Waals surface area (Å²) in [7, 11) is 1.85. The van der Waals surface area contributed by atoms with Gasteiger partial charge >= 0.3 is 0 Å². The lowest BCUT2D eigenvalue weighted by atomic mass is 10.3. The molecule has 2 N–H and O–H groups in total. The van der Waals surface area contributed by atoms with Gasteiger partial charge in [0.2, 0.25) is 11.9 Å². The van der Waals surface area contributed by atoms with Gasteiger partial charge in [-0.25, -0.2) is 4.98 Å². The Balaban J connectivity index is 1.89. The largest absolute Gasteiger partial charge is 0.472 e. The minimum Gasteiger partial charge on any atom is -0.472 e. The molecule has 3 rings (SSSR count). The molecule has 3 aromatic heterocycles. The quantitative estimate of drug-likeness (QED) is 0.720. The number of hydrogen-bond acceptors (Lipinski definition) is 8. The van der Waals surface area contributed by atoms with Crippen LogP contribution < -0.4 is 10.6 Å². The maximum Gasteiger partial charge on any atom is 0.258 e. The fourth-order valence-corrected chi connectivity index (χ4v) is 1.68. The van der Waals surface area contributed by atoms with Gasteiger partial charge in [0.1, 0.15) is 12.7 Å². The molecular formula is C11H12N8O. The van der Waals surface area contributed by atoms with Crippen LogP contribution >= 0.6 is 0 Å². The van der Waals surface area contributed by atoms with E-state index in [1.54, 1.807) is 12.5 Å². The van der Waals surface area contributed by atoms with E-state index in [1.807, 2.05) is 18.0 Å². The average molecular weight is 272 g/mol. The number of anilines is 2. The lowest BCUT2D eigenvalue weighted by Crippen LogP contribution is -2.21. The number of hydrogen-bond donors (Lipinski definition) is 1. The molecule has 0 aliphatic rings. The third-order valence-corrected chi connectivity index (χ3v) is 2.59. The molecule has 0 fully saturated rings. The molecule has 0 aliphatic carbocycles. The van der Waals surface area contributed by atoms with Crippen molar-refractivity contribution in [2.75, 3.05) is 17.7 Å². The first-order chi connectivity index (χ1) is 9.72. The normalized spacial score (nSPS) is 10.7. The topological polar surface area (TPSA) is 112 Å². The first-order valence-corrected chi connectivity index (χ1v) is 5.81. The monoisotopic (exact) mass is 272 g/mol. The van der Waals surface area contributed by atoms with Gasteiger partial charge in [-0.15, -0.1) is 0 Å². The average Bonchev–Trinajstić information content (AvgIpc) is 3.11. The fourth-order valence-electron chi connectivity index (χ4n) is 1.68. The van der Waals surface area contributed by atoms with Crippen molar-refractivity contribution in [1.29, 1.82) is 0 Å². The van der Waals surface area contributed by atoms with Crippen LogP contribution in [0.2, 0.25) is 0 Å². The van der Waals surface area contributed by atoms with Gasteiger partial charge in [-0.1, -0.05) is 0 Å². The van der Waals surface area contributed by atoms with Gasteiger partial charge in [0, 0.05) is 19.2 Å². The Hall–Kier alpha value is -2.97. The molecule has 0 aliphatic heterocycles. The van der Waals surface area contributed by atoms with Crippen LogP contribution in [0, 0.1) is 0 Å². The number of rotatable bonds is 4. The minimum atomic E-state index is 0.125. The smallest absolute Gasteiger partial charge is 0.258 e. The van der Waals surface area contributed by atoms with Crippen LogP contribution in [0.1, 0.15) is 5.56 Å². The van der Waals surface area contributed by atoms with Crippen LogP contribution in [0.3, 0.4) is 0 Å². The molecule has 0 saturated heterocycles. The van der Waals surface area contributed by atoms with Crippen LogP contribution in [0.15, 0.2) is 35.7 Å². The molecule has 3 heterocycles. The molecule has 20 heavy (non-hydrogen) atoms. The van der Waals surface area contributed by atoms with E-state index in [2.05, 4.69) is 25.0 Å². The van der Waals surface area contributed by atoms with E-state index in [-0.39, 0.29) is 5.95 Å². The second-order valence-electron chi connectivity index (χ2n) is 4.12. The number of aromatic nitrogens is 6. The van der Waals surface area contributed by atoms with Gasteiger partial charge in [-0.3, -0.25) is 0 Å². The summed E-state index contributed by atoms with van der Waals surface area (Å²) in [5, 5.41) is 3.97. The highest BCUT2D eigenvalue weighted by Gasteiger charge is 2.11. The number of nitrogens with two attached hydrogens (primary N) is 1. The van der Waals surface area contributed by atoms with Gasteiger partial charge in [-0.05, 0) is 6.07 Å². The number of furan rings is 1. The SMILES string of the molecule is CN(Cc1ccoc1)c1nc(N)nc(-n2cncn2)n1. The minimum absolute atomic E-state index is 0.125. The van der Waals surface area contributed by atoms with Gasteiger partial charge in [0.05, 0.1) is 12.5 Å². The third kappa shape index (κ3) is 2.41. The molecule has 9 nitrogen and oxygen atoms in total. The third-order valence-electron chi connectivity index (χ3n) is 2.59. The standard InChI is InChI=1S/C11H12N8O/c1-18(4-8-2-3-20-5-8)10-15-9(12)16-11(17-10)19-7-13-6-14-19/h2-3,5-7H,4H2,1H3,(H2,12,15,16,17). The van der Waals surface area contributed by atoms with Gasteiger partial charge < -0.3 is 15.1 Å². The fraction of sp³-hybridized carbons (Fsp3) is 0.182. The Morgan fingerprint density at radius 3 is 2.95 bits per heavy atom. The highest BCUT2D eigenvalue weighted by molar-refractivity contribution is 5.37. The van der Waals surface area contributed by atoms with Crippen LogP contribution in [0.5, 0.6) is 0 Å². The zero-order valence-electron chi connectivity index (χ0n) is 10.7. The molecule has 0 aromatic carbocycles. The maximum absolute atomic E-state index is 5.71. The molecule has 0 spiro atoms. The van der Waals surface area contributed by atoms with Crippen molar-refractivity contribution in [3.05, 3.63) is 36.8 Å². The zero-order valence-corrected chi connectivity index (χ0v) is 10.7. The van der Waals surface area contributed by atoms with Crippen molar-refractivity contribution in [3.8, 4) is 5.95 Å². The zero-order chi connectivity index (χ0) is 13.9. The Bertz CT molecular complexity index is 679. The predicted octanol–water partition coefficient (Wildman–Crippen LogP) is 0.264. The van der Waals surface area contributed by atoms with E-state index in [0.29, 0.717) is 18.4 Å². The first-order valence-electron chi connectivity index (χ1n) is 5.81. The Labute approximate surface area is 114 Å². The van der Waals surface area contributed by atoms with Crippen molar-refractivity contribution in [1.82, 2.24) is 29.7 Å². The molecule has 3 aromatic rings. The van der Waals surface area contributed by atoms with Crippen molar-refractivity contribution in [3.63, 3.8) is 0 Å². The maximum atomic E-state index is 5.71. The predicted molar refractivity (Wildman–Crippen MR) is 70.0 cm³/mol. The lowest BCUT2D eigenvalue weighted by Gasteiger charge is -2.16. The van der Waals surface area contributed by atoms with E-state index in [9.17, 15) is 0 Å². The summed E-state index contributed by atoms with van der Waals surface area (Å²) >= 11 is 0. The second-order valence-corrected chi connectivity index (χ2v) is 4.12. The molecule has 0 atom stereocenters. The van der Waals surface area contributed by atoms with Crippen LogP contribution in [-0.2, 0) is 6.54 Å². The van der Waals surface area contributed by atoms with Gasteiger partial charge in [0.25, 0.3) is 5.95 Å². The summed E-state index contributed by atoms with van der Waals surface area (Å²) in [6, 6.07) is 1.87. The van der Waals surface area contributed by atoms with E-state index >= 15 is 0 Å². The highest BCUT2D eigenvalue weighted by atomic mass is 16.3. The first kappa shape index (κ1) is 12.1. The summed E-state index contributed by atoms with van der Waals surface area (Å²) in [5.74, 6) is 0.896. The molecule has 102 valence electrons. The van der Waals surface area contributed by atoms with Gasteiger partial charge in [0.15, 0.2) is 0 Å². The lowest BCUT2D eigenvalue weighted by molar-refractivity contribution is 0.563. The molecule has 0 radical (unpaired) electrons. The summed E-state index contributed by atoms with van der Waals surface area (Å²) in [5.41, 5.74) is 6.72. The van der Waals surface area contributed by atoms with E-state index in [0.717, 1.165) is 5.56 Å². The summed E-state index contributed by atoms with van der Waals surface area (Å²) in [4.78, 5) is 18.1. The number of nitrogens with zero attached hydrogens (tertiary/aromatic N) is 7. The molecule has 0 unspecified atom stereocenters. The van der Waals surface area contributed by atoms with E-state index < -0.39 is 0 Å². The van der Waals surface area contributed by atoms with Crippen molar-refractivity contribution in [2.24, 2.45) is 0 Å². The molecule has 0 saturated carbocycles. The van der Waals surface area contributed by atoms with Gasteiger partial charge in [-0.2, -0.15) is 24.7 Å². The number of nitrogen functional groups attached to an aromatic ring is 1. The highest BCUT2D eigenvalue weighted by Crippen LogP contribution is 2.13. The second kappa shape index (κ2) is 4.96. The van der Waals surface area contributed by atoms with Crippen LogP contribution in [-0.4, -0.2) is 36.8 Å². The Morgan fingerprint density at radius 2 is 2.25 bits per heavy atom. The van der Waals surface area contributed by atoms with E-state index in [4.69, 9.17) is 10.2 Å². The molecular weight excluding hydrogens is 260 g/mol. The van der Waals surface area contributed by atoms with Crippen molar-refractivity contribution >= 4 is 11.9 Å². The van der Waals surface area contributed by atoms with Crippen LogP contribution in [0.25, 0.3) is 5.95 Å². The van der Waals surface area contributed by atoms with Crippen molar-refractivity contribution < 1.29 is 4.42 Å². The summed E-state index contributed by atoms with van der Waals surface area (Å²) in [6.45, 7) is 0.594. The molecule has 9 heteroatoms. The Kier molecular flexibility index (Phi) is 2.99. The molecule has 0 bridgehead atoms. The van der Waals surface area contributed by atoms with Crippen LogP contribution in [0.4, 0.5) is 11.9 Å².